The lowest BCUT2D eigenvalue weighted by Gasteiger charge is -2.06. The number of carbonyl (C=O) groups is 1. The number of hydrazine groups is 1. The summed E-state index contributed by atoms with van der Waals surface area (Å²) in [7, 11) is 0. The maximum Gasteiger partial charge on any atom is 0.262 e. The maximum absolute atomic E-state index is 13.8. The van der Waals surface area contributed by atoms with Crippen molar-refractivity contribution in [2.45, 2.75) is 13.8 Å². The Kier molecular flexibility index (Phi) is 5.07. The number of nitrogens with one attached hydrogen (secondary N) is 2. The van der Waals surface area contributed by atoms with Crippen molar-refractivity contribution in [3.8, 4) is 11.3 Å². The molecule has 0 aliphatic rings. The number of hydrogen-bond acceptors (Lipinski definition) is 5. The normalized spacial score (nSPS) is 10.9. The van der Waals surface area contributed by atoms with E-state index in [4.69, 9.17) is 4.42 Å². The van der Waals surface area contributed by atoms with E-state index in [1.807, 2.05) is 19.9 Å². The second kappa shape index (κ2) is 7.60. The van der Waals surface area contributed by atoms with Gasteiger partial charge in [-0.3, -0.25) is 15.6 Å². The molecule has 2 aromatic heterocycles. The highest BCUT2D eigenvalue weighted by Crippen LogP contribution is 2.25. The molecule has 0 spiro atoms. The second-order valence-electron chi connectivity index (χ2n) is 5.60. The Hall–Kier alpha value is -3.48. The number of anilines is 1. The highest BCUT2D eigenvalue weighted by Gasteiger charge is 2.08. The SMILES string of the molecule is Cc1cc(C)nc(NNC(=O)/C=C/c2ccc(-c3ccccc3F)o2)n1. The number of rotatable bonds is 5. The summed E-state index contributed by atoms with van der Waals surface area (Å²) in [6, 6.07) is 11.5. The van der Waals surface area contributed by atoms with Gasteiger partial charge in [0.05, 0.1) is 5.56 Å². The third-order valence-electron chi connectivity index (χ3n) is 3.44. The summed E-state index contributed by atoms with van der Waals surface area (Å²) >= 11 is 0. The second-order valence-corrected chi connectivity index (χ2v) is 5.60. The molecular weight excluding hydrogens is 335 g/mol. The summed E-state index contributed by atoms with van der Waals surface area (Å²) in [5, 5.41) is 0. The van der Waals surface area contributed by atoms with Crippen molar-refractivity contribution in [1.29, 1.82) is 0 Å². The average molecular weight is 352 g/mol. The van der Waals surface area contributed by atoms with Crippen LogP contribution in [0, 0.1) is 19.7 Å². The van der Waals surface area contributed by atoms with Crippen LogP contribution in [-0.2, 0) is 4.79 Å². The van der Waals surface area contributed by atoms with Crippen molar-refractivity contribution in [1.82, 2.24) is 15.4 Å². The van der Waals surface area contributed by atoms with Gasteiger partial charge in [0.1, 0.15) is 17.3 Å². The summed E-state index contributed by atoms with van der Waals surface area (Å²) in [5.74, 6) is 0.361. The fourth-order valence-corrected chi connectivity index (χ4v) is 2.35. The molecule has 0 atom stereocenters. The van der Waals surface area contributed by atoms with Gasteiger partial charge in [0.15, 0.2) is 0 Å². The molecular formula is C19H17FN4O2. The quantitative estimate of drug-likeness (QED) is 0.541. The van der Waals surface area contributed by atoms with Gasteiger partial charge in [0.25, 0.3) is 5.91 Å². The molecule has 2 N–H and O–H groups in total. The first-order valence-corrected chi connectivity index (χ1v) is 7.92. The molecule has 3 aromatic rings. The lowest BCUT2D eigenvalue weighted by Crippen LogP contribution is -2.28. The smallest absolute Gasteiger partial charge is 0.262 e. The molecule has 0 bridgehead atoms. The van der Waals surface area contributed by atoms with Crippen LogP contribution in [0.4, 0.5) is 10.3 Å². The molecule has 3 rings (SSSR count). The predicted octanol–water partition coefficient (Wildman–Crippen LogP) is 3.65. The highest BCUT2D eigenvalue weighted by atomic mass is 19.1. The number of aromatic nitrogens is 2. The Bertz CT molecular complexity index is 945. The number of halogens is 1. The van der Waals surface area contributed by atoms with E-state index in [0.717, 1.165) is 11.4 Å². The molecule has 132 valence electrons. The van der Waals surface area contributed by atoms with E-state index in [9.17, 15) is 9.18 Å². The zero-order chi connectivity index (χ0) is 18.5. The summed E-state index contributed by atoms with van der Waals surface area (Å²) in [4.78, 5) is 20.2. The van der Waals surface area contributed by atoms with Crippen LogP contribution in [0.3, 0.4) is 0 Å². The zero-order valence-electron chi connectivity index (χ0n) is 14.3. The largest absolute Gasteiger partial charge is 0.457 e. The molecule has 1 aromatic carbocycles. The van der Waals surface area contributed by atoms with Gasteiger partial charge in [-0.2, -0.15) is 0 Å². The molecule has 0 fully saturated rings. The number of nitrogens with zero attached hydrogens (tertiary/aromatic N) is 2. The van der Waals surface area contributed by atoms with Crippen LogP contribution in [0.5, 0.6) is 0 Å². The summed E-state index contributed by atoms with van der Waals surface area (Å²) in [6.07, 6.45) is 2.78. The van der Waals surface area contributed by atoms with E-state index < -0.39 is 5.91 Å². The van der Waals surface area contributed by atoms with Crippen LogP contribution in [0.15, 0.2) is 53.0 Å². The standard InChI is InChI=1S/C19H17FN4O2/c1-12-11-13(2)22-19(21-12)24-23-18(25)10-8-14-7-9-17(26-14)15-5-3-4-6-16(15)20/h3-11H,1-2H3,(H,23,25)(H,21,22,24)/b10-8+. The zero-order valence-corrected chi connectivity index (χ0v) is 14.3. The van der Waals surface area contributed by atoms with Crippen molar-refractivity contribution in [2.75, 3.05) is 5.43 Å². The summed E-state index contributed by atoms with van der Waals surface area (Å²) in [6.45, 7) is 3.68. The van der Waals surface area contributed by atoms with Crippen molar-refractivity contribution in [3.05, 3.63) is 71.5 Å². The van der Waals surface area contributed by atoms with Crippen LogP contribution in [0.1, 0.15) is 17.1 Å². The molecule has 2 heterocycles. The van der Waals surface area contributed by atoms with Gasteiger partial charge in [-0.25, -0.2) is 14.4 Å². The number of furan rings is 1. The number of aryl methyl sites for hydroxylation is 2. The van der Waals surface area contributed by atoms with Gasteiger partial charge in [-0.05, 0) is 50.3 Å². The van der Waals surface area contributed by atoms with Gasteiger partial charge in [-0.1, -0.05) is 12.1 Å². The molecule has 1 amide bonds. The van der Waals surface area contributed by atoms with E-state index in [1.54, 1.807) is 30.3 Å². The molecule has 7 heteroatoms. The number of hydrogen-bond donors (Lipinski definition) is 2. The van der Waals surface area contributed by atoms with Gasteiger partial charge < -0.3 is 4.42 Å². The first-order chi connectivity index (χ1) is 12.5. The minimum Gasteiger partial charge on any atom is -0.457 e. The Morgan fingerprint density at radius 3 is 2.58 bits per heavy atom. The Balaban J connectivity index is 1.61. The fourth-order valence-electron chi connectivity index (χ4n) is 2.35. The van der Waals surface area contributed by atoms with E-state index in [1.165, 1.54) is 18.2 Å². The summed E-state index contributed by atoms with van der Waals surface area (Å²) in [5.41, 5.74) is 7.07. The van der Waals surface area contributed by atoms with Crippen molar-refractivity contribution in [3.63, 3.8) is 0 Å². The Morgan fingerprint density at radius 1 is 1.12 bits per heavy atom. The van der Waals surface area contributed by atoms with Crippen molar-refractivity contribution >= 4 is 17.9 Å². The summed E-state index contributed by atoms with van der Waals surface area (Å²) < 4.78 is 19.3. The molecule has 0 radical (unpaired) electrons. The van der Waals surface area contributed by atoms with Crippen LogP contribution < -0.4 is 10.9 Å². The van der Waals surface area contributed by atoms with Crippen LogP contribution in [0.25, 0.3) is 17.4 Å². The molecule has 0 aliphatic carbocycles. The van der Waals surface area contributed by atoms with E-state index >= 15 is 0 Å². The predicted molar refractivity (Wildman–Crippen MR) is 96.4 cm³/mol. The van der Waals surface area contributed by atoms with Crippen LogP contribution >= 0.6 is 0 Å². The molecule has 0 saturated carbocycles. The number of amides is 1. The monoisotopic (exact) mass is 352 g/mol. The molecule has 0 saturated heterocycles. The topological polar surface area (TPSA) is 80.0 Å². The van der Waals surface area contributed by atoms with E-state index in [-0.39, 0.29) is 5.82 Å². The number of benzene rings is 1. The van der Waals surface area contributed by atoms with Crippen molar-refractivity contribution in [2.24, 2.45) is 0 Å². The average Bonchev–Trinajstić information content (AvgIpc) is 3.06. The molecule has 0 aliphatic heterocycles. The van der Waals surface area contributed by atoms with E-state index in [2.05, 4.69) is 20.8 Å². The number of carbonyl (C=O) groups excluding carboxylic acids is 1. The lowest BCUT2D eigenvalue weighted by atomic mass is 10.1. The van der Waals surface area contributed by atoms with Gasteiger partial charge >= 0.3 is 0 Å². The van der Waals surface area contributed by atoms with Gasteiger partial charge in [-0.15, -0.1) is 0 Å². The van der Waals surface area contributed by atoms with E-state index in [0.29, 0.717) is 23.0 Å². The lowest BCUT2D eigenvalue weighted by molar-refractivity contribution is -0.116. The Labute approximate surface area is 149 Å². The minimum atomic E-state index is -0.406. The van der Waals surface area contributed by atoms with Crippen LogP contribution in [-0.4, -0.2) is 15.9 Å². The highest BCUT2D eigenvalue weighted by molar-refractivity contribution is 5.92. The third-order valence-corrected chi connectivity index (χ3v) is 3.44. The molecule has 0 unspecified atom stereocenters. The van der Waals surface area contributed by atoms with Crippen molar-refractivity contribution < 1.29 is 13.6 Å². The fraction of sp³-hybridized carbons (Fsp3) is 0.105. The van der Waals surface area contributed by atoms with Gasteiger partial charge in [0, 0.05) is 17.5 Å². The first-order valence-electron chi connectivity index (χ1n) is 7.92. The maximum atomic E-state index is 13.8. The van der Waals surface area contributed by atoms with Gasteiger partial charge in [0.2, 0.25) is 5.95 Å². The first kappa shape index (κ1) is 17.3. The minimum absolute atomic E-state index is 0.309. The molecule has 26 heavy (non-hydrogen) atoms. The van der Waals surface area contributed by atoms with Crippen LogP contribution in [0.2, 0.25) is 0 Å². The Morgan fingerprint density at radius 2 is 1.85 bits per heavy atom. The molecule has 6 nitrogen and oxygen atoms in total. The third kappa shape index (κ3) is 4.32.